The Bertz CT molecular complexity index is 918. The molecule has 0 fully saturated rings. The van der Waals surface area contributed by atoms with Gasteiger partial charge in [-0.25, -0.2) is 0 Å². The predicted molar refractivity (Wildman–Crippen MR) is 104 cm³/mol. The number of carbonyl (C=O) groups is 1. The maximum atomic E-state index is 12.4. The zero-order valence-electron chi connectivity index (χ0n) is 15.7. The van der Waals surface area contributed by atoms with E-state index in [-0.39, 0.29) is 5.91 Å². The predicted octanol–water partition coefficient (Wildman–Crippen LogP) is 3.06. The lowest BCUT2D eigenvalue weighted by atomic mass is 10.2. The second-order valence-corrected chi connectivity index (χ2v) is 6.90. The van der Waals surface area contributed by atoms with Gasteiger partial charge < -0.3 is 10.1 Å². The van der Waals surface area contributed by atoms with E-state index in [0.717, 1.165) is 35.7 Å². The molecule has 1 amide bonds. The lowest BCUT2D eigenvalue weighted by Gasteiger charge is -2.09. The Morgan fingerprint density at radius 1 is 1.22 bits per heavy atom. The first-order valence-corrected chi connectivity index (χ1v) is 9.56. The zero-order valence-corrected chi connectivity index (χ0v) is 16.5. The molecule has 0 aliphatic rings. The molecule has 0 aliphatic heterocycles. The molecule has 3 rings (SSSR count). The number of aromatic nitrogens is 4. The van der Waals surface area contributed by atoms with Gasteiger partial charge in [0.05, 0.1) is 23.1 Å². The number of rotatable bonds is 8. The lowest BCUT2D eigenvalue weighted by Crippen LogP contribution is -2.25. The maximum Gasteiger partial charge on any atom is 0.251 e. The largest absolute Gasteiger partial charge is 0.487 e. The Morgan fingerprint density at radius 3 is 2.78 bits per heavy atom. The second kappa shape index (κ2) is 8.77. The highest BCUT2D eigenvalue weighted by Crippen LogP contribution is 2.16. The van der Waals surface area contributed by atoms with Crippen molar-refractivity contribution in [1.82, 2.24) is 23.8 Å². The van der Waals surface area contributed by atoms with Gasteiger partial charge in [0.15, 0.2) is 0 Å². The van der Waals surface area contributed by atoms with Gasteiger partial charge in [-0.3, -0.25) is 9.48 Å². The Morgan fingerprint density at radius 2 is 2.07 bits per heavy atom. The zero-order chi connectivity index (χ0) is 19.2. The third-order valence-corrected chi connectivity index (χ3v) is 4.81. The molecule has 0 bridgehead atoms. The third-order valence-electron chi connectivity index (χ3n) is 4.15. The normalized spacial score (nSPS) is 10.8. The summed E-state index contributed by atoms with van der Waals surface area (Å²) in [5, 5.41) is 7.37. The summed E-state index contributed by atoms with van der Waals surface area (Å²) < 4.78 is 16.0. The molecule has 2 heterocycles. The summed E-state index contributed by atoms with van der Waals surface area (Å²) >= 11 is 1.17. The van der Waals surface area contributed by atoms with Crippen LogP contribution in [-0.4, -0.2) is 31.0 Å². The standard InChI is InChI=1S/C19H23N5O2S/c1-13-10-14(2)24(21-13)9-5-8-20-19(25)16-6-4-7-17(11-16)26-12-18-15(3)22-27-23-18/h4,6-7,10-11H,5,8-9,12H2,1-3H3,(H,20,25). The van der Waals surface area contributed by atoms with E-state index in [9.17, 15) is 4.79 Å². The van der Waals surface area contributed by atoms with Crippen molar-refractivity contribution in [3.8, 4) is 5.75 Å². The van der Waals surface area contributed by atoms with Crippen molar-refractivity contribution in [1.29, 1.82) is 0 Å². The fourth-order valence-electron chi connectivity index (χ4n) is 2.69. The first-order chi connectivity index (χ1) is 13.0. The highest BCUT2D eigenvalue weighted by molar-refractivity contribution is 6.99. The summed E-state index contributed by atoms with van der Waals surface area (Å²) in [6, 6.07) is 9.21. The number of benzene rings is 1. The molecule has 142 valence electrons. The monoisotopic (exact) mass is 385 g/mol. The molecular weight excluding hydrogens is 362 g/mol. The Balaban J connectivity index is 1.48. The fraction of sp³-hybridized carbons (Fsp3) is 0.368. The number of amides is 1. The van der Waals surface area contributed by atoms with Crippen LogP contribution in [0.3, 0.4) is 0 Å². The van der Waals surface area contributed by atoms with E-state index in [1.165, 1.54) is 11.7 Å². The lowest BCUT2D eigenvalue weighted by molar-refractivity contribution is 0.0952. The van der Waals surface area contributed by atoms with Crippen LogP contribution in [0, 0.1) is 20.8 Å². The quantitative estimate of drug-likeness (QED) is 0.603. The SMILES string of the molecule is Cc1cc(C)n(CCCNC(=O)c2cccc(OCc3nsnc3C)c2)n1. The van der Waals surface area contributed by atoms with Crippen molar-refractivity contribution in [2.24, 2.45) is 0 Å². The molecule has 1 aromatic carbocycles. The maximum absolute atomic E-state index is 12.4. The van der Waals surface area contributed by atoms with Crippen LogP contribution in [0.15, 0.2) is 30.3 Å². The van der Waals surface area contributed by atoms with Gasteiger partial charge in [-0.2, -0.15) is 13.8 Å². The molecule has 7 nitrogen and oxygen atoms in total. The summed E-state index contributed by atoms with van der Waals surface area (Å²) in [6.07, 6.45) is 0.819. The highest BCUT2D eigenvalue weighted by Gasteiger charge is 2.08. The molecule has 3 aromatic rings. The van der Waals surface area contributed by atoms with Crippen molar-refractivity contribution in [3.05, 3.63) is 58.7 Å². The van der Waals surface area contributed by atoms with Gasteiger partial charge in [0.1, 0.15) is 18.1 Å². The topological polar surface area (TPSA) is 81.9 Å². The molecule has 27 heavy (non-hydrogen) atoms. The Kier molecular flexibility index (Phi) is 6.18. The van der Waals surface area contributed by atoms with Crippen LogP contribution < -0.4 is 10.1 Å². The molecule has 0 unspecified atom stereocenters. The molecule has 8 heteroatoms. The first-order valence-electron chi connectivity index (χ1n) is 8.83. The third kappa shape index (κ3) is 5.13. The van der Waals surface area contributed by atoms with Crippen LogP contribution in [0.4, 0.5) is 0 Å². The van der Waals surface area contributed by atoms with Gasteiger partial charge >= 0.3 is 0 Å². The van der Waals surface area contributed by atoms with E-state index in [2.05, 4.69) is 19.2 Å². The Labute approximate surface area is 162 Å². The molecule has 2 aromatic heterocycles. The number of aryl methyl sites for hydroxylation is 4. The van der Waals surface area contributed by atoms with Crippen molar-refractivity contribution < 1.29 is 9.53 Å². The summed E-state index contributed by atoms with van der Waals surface area (Å²) in [7, 11) is 0. The van der Waals surface area contributed by atoms with Crippen LogP contribution in [-0.2, 0) is 13.2 Å². The summed E-state index contributed by atoms with van der Waals surface area (Å²) in [5.74, 6) is 0.526. The van der Waals surface area contributed by atoms with Crippen molar-refractivity contribution in [3.63, 3.8) is 0 Å². The van der Waals surface area contributed by atoms with Crippen molar-refractivity contribution in [2.45, 2.75) is 40.3 Å². The molecule has 0 spiro atoms. The smallest absolute Gasteiger partial charge is 0.251 e. The fourth-order valence-corrected chi connectivity index (χ4v) is 3.25. The average Bonchev–Trinajstić information content (AvgIpc) is 3.21. The number of nitrogens with one attached hydrogen (secondary N) is 1. The molecule has 1 N–H and O–H groups in total. The van der Waals surface area contributed by atoms with Crippen molar-refractivity contribution >= 4 is 17.6 Å². The van der Waals surface area contributed by atoms with Gasteiger partial charge in [0.25, 0.3) is 5.91 Å². The molecular formula is C19H23N5O2S. The molecule has 0 radical (unpaired) electrons. The van der Waals surface area contributed by atoms with E-state index >= 15 is 0 Å². The van der Waals surface area contributed by atoms with Crippen LogP contribution in [0.25, 0.3) is 0 Å². The number of hydrogen-bond acceptors (Lipinski definition) is 6. The minimum absolute atomic E-state index is 0.111. The molecule has 0 saturated heterocycles. The molecule has 0 aliphatic carbocycles. The van der Waals surface area contributed by atoms with Crippen LogP contribution in [0.1, 0.15) is 39.6 Å². The second-order valence-electron chi connectivity index (χ2n) is 6.37. The van der Waals surface area contributed by atoms with Gasteiger partial charge in [0.2, 0.25) is 0 Å². The van der Waals surface area contributed by atoms with Crippen LogP contribution >= 0.6 is 11.7 Å². The molecule has 0 atom stereocenters. The van der Waals surface area contributed by atoms with E-state index in [1.807, 2.05) is 43.7 Å². The first kappa shape index (κ1) is 19.0. The molecule has 0 saturated carbocycles. The highest BCUT2D eigenvalue weighted by atomic mass is 32.1. The van der Waals surface area contributed by atoms with Gasteiger partial charge in [0, 0.05) is 24.3 Å². The average molecular weight is 385 g/mol. The van der Waals surface area contributed by atoms with Gasteiger partial charge in [-0.05, 0) is 51.5 Å². The van der Waals surface area contributed by atoms with Crippen LogP contribution in [0.2, 0.25) is 0 Å². The minimum Gasteiger partial charge on any atom is -0.487 e. The van der Waals surface area contributed by atoms with Crippen molar-refractivity contribution in [2.75, 3.05) is 6.54 Å². The van der Waals surface area contributed by atoms with Crippen LogP contribution in [0.5, 0.6) is 5.75 Å². The summed E-state index contributed by atoms with van der Waals surface area (Å²) in [5.41, 5.74) is 4.41. The summed E-state index contributed by atoms with van der Waals surface area (Å²) in [4.78, 5) is 12.4. The number of nitrogens with zero attached hydrogens (tertiary/aromatic N) is 4. The summed E-state index contributed by atoms with van der Waals surface area (Å²) in [6.45, 7) is 7.63. The number of ether oxygens (including phenoxy) is 1. The van der Waals surface area contributed by atoms with Gasteiger partial charge in [-0.1, -0.05) is 6.07 Å². The van der Waals surface area contributed by atoms with E-state index < -0.39 is 0 Å². The van der Waals surface area contributed by atoms with E-state index in [1.54, 1.807) is 12.1 Å². The number of carbonyl (C=O) groups excluding carboxylic acids is 1. The number of hydrogen-bond donors (Lipinski definition) is 1. The minimum atomic E-state index is -0.111. The van der Waals surface area contributed by atoms with E-state index in [0.29, 0.717) is 24.5 Å². The van der Waals surface area contributed by atoms with Gasteiger partial charge in [-0.15, -0.1) is 0 Å². The van der Waals surface area contributed by atoms with E-state index in [4.69, 9.17) is 4.74 Å². The Hall–Kier alpha value is -2.74.